The summed E-state index contributed by atoms with van der Waals surface area (Å²) in [7, 11) is 1.70. The Morgan fingerprint density at radius 1 is 1.44 bits per heavy atom. The summed E-state index contributed by atoms with van der Waals surface area (Å²) in [5, 5.41) is 3.37. The van der Waals surface area contributed by atoms with Crippen molar-refractivity contribution in [2.24, 2.45) is 0 Å². The Labute approximate surface area is 117 Å². The molecule has 0 spiro atoms. The van der Waals surface area contributed by atoms with Gasteiger partial charge in [0.1, 0.15) is 5.75 Å². The molecule has 0 bridgehead atoms. The highest BCUT2D eigenvalue weighted by Gasteiger charge is 2.21. The van der Waals surface area contributed by atoms with Crippen LogP contribution in [0.1, 0.15) is 11.6 Å². The third-order valence-electron chi connectivity index (χ3n) is 3.29. The summed E-state index contributed by atoms with van der Waals surface area (Å²) in [6.07, 6.45) is 2.00. The third kappa shape index (κ3) is 2.94. The van der Waals surface area contributed by atoms with E-state index in [1.165, 1.54) is 5.56 Å². The zero-order valence-electron chi connectivity index (χ0n) is 10.7. The Morgan fingerprint density at radius 2 is 2.17 bits per heavy atom. The van der Waals surface area contributed by atoms with Gasteiger partial charge in [-0.15, -0.1) is 6.58 Å². The van der Waals surface area contributed by atoms with Gasteiger partial charge in [-0.05, 0) is 23.8 Å². The van der Waals surface area contributed by atoms with Gasteiger partial charge in [-0.3, -0.25) is 4.90 Å². The van der Waals surface area contributed by atoms with E-state index < -0.39 is 0 Å². The van der Waals surface area contributed by atoms with Gasteiger partial charge in [0.05, 0.1) is 13.2 Å². The maximum atomic E-state index is 5.31. The molecule has 0 radical (unpaired) electrons. The highest BCUT2D eigenvalue weighted by Crippen LogP contribution is 2.32. The first-order chi connectivity index (χ1) is 8.76. The Kier molecular flexibility index (Phi) is 4.80. The molecular weight excluding hydrogens is 292 g/mol. The Hall–Kier alpha value is -0.840. The van der Waals surface area contributed by atoms with Gasteiger partial charge in [0.25, 0.3) is 0 Å². The second-order valence-corrected chi connectivity index (χ2v) is 5.21. The topological polar surface area (TPSA) is 24.5 Å². The lowest BCUT2D eigenvalue weighted by atomic mass is 10.0. The van der Waals surface area contributed by atoms with Gasteiger partial charge in [-0.25, -0.2) is 0 Å². The molecule has 0 unspecified atom stereocenters. The average molecular weight is 311 g/mol. The molecule has 0 amide bonds. The second-order valence-electron chi connectivity index (χ2n) is 4.35. The fourth-order valence-corrected chi connectivity index (χ4v) is 2.79. The number of ether oxygens (including phenoxy) is 1. The Bertz CT molecular complexity index is 416. The largest absolute Gasteiger partial charge is 0.497 e. The lowest BCUT2D eigenvalue weighted by molar-refractivity contribution is 0.203. The molecule has 98 valence electrons. The van der Waals surface area contributed by atoms with Crippen LogP contribution in [0, 0.1) is 0 Å². The van der Waals surface area contributed by atoms with Gasteiger partial charge in [0.15, 0.2) is 0 Å². The van der Waals surface area contributed by atoms with Crippen molar-refractivity contribution in [1.29, 1.82) is 0 Å². The number of nitrogens with one attached hydrogen (secondary N) is 1. The zero-order valence-corrected chi connectivity index (χ0v) is 12.2. The summed E-state index contributed by atoms with van der Waals surface area (Å²) in [5.41, 5.74) is 1.21. The number of benzene rings is 1. The lowest BCUT2D eigenvalue weighted by Gasteiger charge is -2.34. The van der Waals surface area contributed by atoms with Crippen LogP contribution in [0.5, 0.6) is 5.75 Å². The molecule has 1 atom stereocenters. The molecule has 2 rings (SSSR count). The third-order valence-corrected chi connectivity index (χ3v) is 4.01. The molecule has 1 aliphatic rings. The van der Waals surface area contributed by atoms with Crippen molar-refractivity contribution in [2.75, 3.05) is 33.3 Å². The van der Waals surface area contributed by atoms with Crippen LogP contribution in [0.2, 0.25) is 0 Å². The molecule has 1 fully saturated rings. The molecule has 3 nitrogen and oxygen atoms in total. The Balaban J connectivity index is 2.28. The van der Waals surface area contributed by atoms with Gasteiger partial charge in [0, 0.05) is 30.7 Å². The summed E-state index contributed by atoms with van der Waals surface area (Å²) in [4.78, 5) is 2.43. The lowest BCUT2D eigenvalue weighted by Crippen LogP contribution is -2.44. The SMILES string of the molecule is C=C[C@H](c1cc(OC)ccc1Br)N1CCNCC1. The smallest absolute Gasteiger partial charge is 0.119 e. The molecule has 18 heavy (non-hydrogen) atoms. The van der Waals surface area contributed by atoms with E-state index in [4.69, 9.17) is 4.74 Å². The van der Waals surface area contributed by atoms with Crippen LogP contribution in [-0.2, 0) is 0 Å². The van der Waals surface area contributed by atoms with E-state index in [2.05, 4.69) is 38.8 Å². The van der Waals surface area contributed by atoms with Crippen LogP contribution in [-0.4, -0.2) is 38.2 Å². The fourth-order valence-electron chi connectivity index (χ4n) is 2.31. The molecule has 0 saturated carbocycles. The maximum absolute atomic E-state index is 5.31. The number of nitrogens with zero attached hydrogens (tertiary/aromatic N) is 1. The predicted molar refractivity (Wildman–Crippen MR) is 78.1 cm³/mol. The number of methoxy groups -OCH3 is 1. The minimum Gasteiger partial charge on any atom is -0.497 e. The molecule has 1 heterocycles. The van der Waals surface area contributed by atoms with Crippen LogP contribution in [0.15, 0.2) is 35.3 Å². The van der Waals surface area contributed by atoms with Gasteiger partial charge >= 0.3 is 0 Å². The monoisotopic (exact) mass is 310 g/mol. The standard InChI is InChI=1S/C14H19BrN2O/c1-3-14(17-8-6-16-7-9-17)12-10-11(18-2)4-5-13(12)15/h3-5,10,14,16H,1,6-9H2,2H3/t14-/m1/s1. The van der Waals surface area contributed by atoms with Crippen molar-refractivity contribution < 1.29 is 4.74 Å². The number of rotatable bonds is 4. The van der Waals surface area contributed by atoms with E-state index in [1.807, 2.05) is 18.2 Å². The molecule has 0 aromatic heterocycles. The van der Waals surface area contributed by atoms with E-state index in [9.17, 15) is 0 Å². The fraction of sp³-hybridized carbons (Fsp3) is 0.429. The summed E-state index contributed by atoms with van der Waals surface area (Å²) >= 11 is 3.62. The van der Waals surface area contributed by atoms with Crippen molar-refractivity contribution in [3.05, 3.63) is 40.9 Å². The molecule has 1 aliphatic heterocycles. The van der Waals surface area contributed by atoms with Crippen LogP contribution >= 0.6 is 15.9 Å². The van der Waals surface area contributed by atoms with Crippen molar-refractivity contribution in [3.8, 4) is 5.75 Å². The van der Waals surface area contributed by atoms with E-state index >= 15 is 0 Å². The van der Waals surface area contributed by atoms with Gasteiger partial charge in [-0.1, -0.05) is 22.0 Å². The van der Waals surface area contributed by atoms with E-state index in [-0.39, 0.29) is 6.04 Å². The molecule has 1 aromatic rings. The summed E-state index contributed by atoms with van der Waals surface area (Å²) < 4.78 is 6.41. The maximum Gasteiger partial charge on any atom is 0.119 e. The minimum atomic E-state index is 0.233. The first-order valence-corrected chi connectivity index (χ1v) is 6.96. The molecular formula is C14H19BrN2O. The summed E-state index contributed by atoms with van der Waals surface area (Å²) in [5.74, 6) is 0.884. The van der Waals surface area contributed by atoms with Crippen molar-refractivity contribution in [2.45, 2.75) is 6.04 Å². The van der Waals surface area contributed by atoms with Crippen LogP contribution in [0.25, 0.3) is 0 Å². The molecule has 1 saturated heterocycles. The second kappa shape index (κ2) is 6.36. The number of hydrogen-bond donors (Lipinski definition) is 1. The molecule has 1 N–H and O–H groups in total. The highest BCUT2D eigenvalue weighted by molar-refractivity contribution is 9.10. The normalized spacial score (nSPS) is 18.3. The van der Waals surface area contributed by atoms with E-state index in [1.54, 1.807) is 7.11 Å². The van der Waals surface area contributed by atoms with E-state index in [0.29, 0.717) is 0 Å². The predicted octanol–water partition coefficient (Wildman–Crippen LogP) is 2.59. The van der Waals surface area contributed by atoms with Gasteiger partial charge < -0.3 is 10.1 Å². The molecule has 0 aliphatic carbocycles. The van der Waals surface area contributed by atoms with Crippen LogP contribution < -0.4 is 10.1 Å². The van der Waals surface area contributed by atoms with Crippen LogP contribution in [0.4, 0.5) is 0 Å². The zero-order chi connectivity index (χ0) is 13.0. The van der Waals surface area contributed by atoms with E-state index in [0.717, 1.165) is 36.4 Å². The number of halogens is 1. The van der Waals surface area contributed by atoms with Crippen molar-refractivity contribution >= 4 is 15.9 Å². The molecule has 1 aromatic carbocycles. The quantitative estimate of drug-likeness (QED) is 0.865. The van der Waals surface area contributed by atoms with Crippen molar-refractivity contribution in [1.82, 2.24) is 10.2 Å². The van der Waals surface area contributed by atoms with Crippen LogP contribution in [0.3, 0.4) is 0 Å². The summed E-state index contributed by atoms with van der Waals surface area (Å²) in [6.45, 7) is 8.14. The number of hydrogen-bond acceptors (Lipinski definition) is 3. The number of piperazine rings is 1. The average Bonchev–Trinajstić information content (AvgIpc) is 2.43. The first-order valence-electron chi connectivity index (χ1n) is 6.17. The summed E-state index contributed by atoms with van der Waals surface area (Å²) in [6, 6.07) is 6.31. The highest BCUT2D eigenvalue weighted by atomic mass is 79.9. The molecule has 4 heteroatoms. The van der Waals surface area contributed by atoms with Gasteiger partial charge in [-0.2, -0.15) is 0 Å². The Morgan fingerprint density at radius 3 is 2.78 bits per heavy atom. The van der Waals surface area contributed by atoms with Gasteiger partial charge in [0.2, 0.25) is 0 Å². The first kappa shape index (κ1) is 13.6. The minimum absolute atomic E-state index is 0.233. The van der Waals surface area contributed by atoms with Crippen molar-refractivity contribution in [3.63, 3.8) is 0 Å².